The molecule has 1 aliphatic carbocycles. The van der Waals surface area contributed by atoms with Gasteiger partial charge in [0, 0.05) is 84.0 Å². The quantitative estimate of drug-likeness (QED) is 0.0721. The minimum absolute atomic E-state index is 0.0444. The van der Waals surface area contributed by atoms with Crippen LogP contribution in [0.4, 0.5) is 5.69 Å². The Bertz CT molecular complexity index is 2510. The Morgan fingerprint density at radius 3 is 2.38 bits per heavy atom. The van der Waals surface area contributed by atoms with Crippen LogP contribution in [0.25, 0.3) is 10.9 Å². The van der Waals surface area contributed by atoms with E-state index in [9.17, 15) is 19.9 Å². The molecule has 3 aromatic rings. The molecule has 1 spiro atoms. The second-order valence-corrected chi connectivity index (χ2v) is 23.3. The molecule has 9 rings (SSSR count). The highest BCUT2D eigenvalue weighted by atomic mass is 31.2. The Hall–Kier alpha value is -3.79. The Morgan fingerprint density at radius 2 is 1.72 bits per heavy atom. The van der Waals surface area contributed by atoms with Crippen LogP contribution in [0, 0.1) is 17.3 Å². The van der Waals surface area contributed by atoms with Gasteiger partial charge >= 0.3 is 13.6 Å². The van der Waals surface area contributed by atoms with E-state index >= 15 is 9.59 Å². The average Bonchev–Trinajstić information content (AvgIpc) is 3.98. The number of methoxy groups -OCH3 is 2. The molecule has 3 unspecified atom stereocenters. The molecule has 2 bridgehead atoms. The number of hydrogen-bond donors (Lipinski definition) is 5. The lowest BCUT2D eigenvalue weighted by molar-refractivity contribution is -0.203. The number of rotatable bonds is 14. The third-order valence-corrected chi connectivity index (χ3v) is 19.5. The lowest BCUT2D eigenvalue weighted by Gasteiger charge is -2.63. The zero-order valence-corrected chi connectivity index (χ0v) is 42.4. The van der Waals surface area contributed by atoms with Gasteiger partial charge in [-0.1, -0.05) is 58.0 Å². The predicted molar refractivity (Wildman–Crippen MR) is 261 cm³/mol. The van der Waals surface area contributed by atoms with E-state index < -0.39 is 64.8 Å². The SMILES string of the molecule is CCOP(=O)(OCC)[C@H](CC(C)C)NC(=O)[C@]1(O)[C@@H]2N(C)c3cc(OC)c([C@@]4(C(=O)OC)C[C@H]5CN(CCc6c4[nH]c4ccccc64)C[C@](O)(CC)C5)cc3C23CCN2CC=C[C@](CC)(C23)[C@H]1O. The maximum Gasteiger partial charge on any atom is 0.352 e. The van der Waals surface area contributed by atoms with Gasteiger partial charge in [0.05, 0.1) is 39.1 Å². The molecule has 3 fully saturated rings. The molecule has 11 atom stereocenters. The van der Waals surface area contributed by atoms with Gasteiger partial charge < -0.3 is 49.0 Å². The van der Waals surface area contributed by atoms with Crippen molar-refractivity contribution in [3.05, 3.63) is 70.9 Å². The number of aromatic amines is 1. The van der Waals surface area contributed by atoms with Gasteiger partial charge in [0.15, 0.2) is 5.60 Å². The number of esters is 1. The van der Waals surface area contributed by atoms with E-state index in [2.05, 4.69) is 32.2 Å². The van der Waals surface area contributed by atoms with Crippen molar-refractivity contribution < 1.29 is 48.0 Å². The summed E-state index contributed by atoms with van der Waals surface area (Å²) in [5.74, 6) is -2.17. The molecule has 68 heavy (non-hydrogen) atoms. The molecule has 0 radical (unpaired) electrons. The third kappa shape index (κ3) is 7.02. The van der Waals surface area contributed by atoms with Crippen LogP contribution in [0.15, 0.2) is 48.6 Å². The van der Waals surface area contributed by atoms with Gasteiger partial charge in [0.25, 0.3) is 5.91 Å². The number of likely N-dealkylation sites (N-methyl/N-ethyl adjacent to an activating group) is 1. The van der Waals surface area contributed by atoms with Gasteiger partial charge in [-0.3, -0.25) is 24.0 Å². The third-order valence-electron chi connectivity index (χ3n) is 17.2. The van der Waals surface area contributed by atoms with Crippen molar-refractivity contribution in [2.75, 3.05) is 72.1 Å². The van der Waals surface area contributed by atoms with Crippen molar-refractivity contribution in [1.29, 1.82) is 0 Å². The van der Waals surface area contributed by atoms with E-state index in [0.29, 0.717) is 88.2 Å². The smallest absolute Gasteiger partial charge is 0.352 e. The van der Waals surface area contributed by atoms with Crippen LogP contribution in [-0.4, -0.2) is 144 Å². The number of nitrogens with zero attached hydrogens (tertiary/aromatic N) is 3. The summed E-state index contributed by atoms with van der Waals surface area (Å²) in [4.78, 5) is 41.5. The number of ether oxygens (including phenoxy) is 2. The van der Waals surface area contributed by atoms with Crippen LogP contribution in [0.5, 0.6) is 5.75 Å². The normalized spacial score (nSPS) is 34.6. The standard InChI is InChI=1S/C52H74N5O10P/c1-10-48(61)28-33-29-51(47(60)65-9,42-35(19-23-56(30-33)31-48)34-17-14-15-18-38(34)53-42)37-26-36-39(27-40(37)64-8)55(7)44-50(36)21-24-57-22-16-20-49(11-2,43(50)57)45(58)52(44,62)46(59)54-41(25-32(5)6)68(63,66-12-3)67-13-4/h14-18,20,26-27,32-33,41,43-45,53,58,61-62H,10-13,19,21-25,28-31H2,1-9H3,(H,54,59)/t33-,41+,43?,44+,45+,48-,49+,50?,51-,52-/m0/s1. The first-order valence-corrected chi connectivity index (χ1v) is 26.6. The molecule has 5 N–H and O–H groups in total. The second-order valence-electron chi connectivity index (χ2n) is 21.1. The van der Waals surface area contributed by atoms with E-state index in [1.54, 1.807) is 21.0 Å². The molecular weight excluding hydrogens is 886 g/mol. The molecule has 6 aliphatic rings. The van der Waals surface area contributed by atoms with Crippen molar-refractivity contribution in [3.63, 3.8) is 0 Å². The molecule has 2 saturated heterocycles. The first-order valence-electron chi connectivity index (χ1n) is 25.0. The highest BCUT2D eigenvalue weighted by molar-refractivity contribution is 7.54. The van der Waals surface area contributed by atoms with Crippen molar-refractivity contribution in [2.24, 2.45) is 17.3 Å². The fraction of sp³-hybridized carbons (Fsp3) is 0.654. The summed E-state index contributed by atoms with van der Waals surface area (Å²) in [7, 11) is 0.911. The minimum atomic E-state index is -3.97. The number of aromatic nitrogens is 1. The first-order chi connectivity index (χ1) is 32.4. The zero-order valence-electron chi connectivity index (χ0n) is 41.5. The summed E-state index contributed by atoms with van der Waals surface area (Å²) in [5.41, 5.74) is -2.26. The monoisotopic (exact) mass is 960 g/mol. The molecule has 1 saturated carbocycles. The number of aliphatic hydroxyl groups excluding tert-OH is 1. The van der Waals surface area contributed by atoms with E-state index in [1.807, 2.05) is 76.1 Å². The largest absolute Gasteiger partial charge is 0.496 e. The number of fused-ring (bicyclic) bond motifs is 6. The van der Waals surface area contributed by atoms with Crippen molar-refractivity contribution in [1.82, 2.24) is 20.1 Å². The second kappa shape index (κ2) is 17.8. The van der Waals surface area contributed by atoms with Gasteiger partial charge in [-0.15, -0.1) is 0 Å². The van der Waals surface area contributed by atoms with E-state index in [0.717, 1.165) is 27.7 Å². The number of benzene rings is 2. The van der Waals surface area contributed by atoms with Crippen molar-refractivity contribution >= 4 is 36.1 Å². The summed E-state index contributed by atoms with van der Waals surface area (Å²) < 4.78 is 38.7. The number of nitrogens with one attached hydrogen (secondary N) is 2. The molecule has 1 aromatic heterocycles. The molecule has 16 heteroatoms. The molecule has 6 heterocycles. The minimum Gasteiger partial charge on any atom is -0.496 e. The maximum atomic E-state index is 15.6. The van der Waals surface area contributed by atoms with Gasteiger partial charge in [-0.25, -0.2) is 0 Å². The number of piperidine rings is 1. The highest BCUT2D eigenvalue weighted by Gasteiger charge is 2.79. The molecule has 5 aliphatic heterocycles. The van der Waals surface area contributed by atoms with E-state index in [1.165, 1.54) is 7.11 Å². The van der Waals surface area contributed by atoms with Crippen LogP contribution < -0.4 is 15.0 Å². The number of H-pyrrole nitrogens is 1. The molecule has 15 nitrogen and oxygen atoms in total. The zero-order chi connectivity index (χ0) is 48.8. The summed E-state index contributed by atoms with van der Waals surface area (Å²) in [5, 5.41) is 43.0. The average molecular weight is 960 g/mol. The highest BCUT2D eigenvalue weighted by Crippen LogP contribution is 2.68. The van der Waals surface area contributed by atoms with Gasteiger partial charge in [0.1, 0.15) is 23.1 Å². The fourth-order valence-electron chi connectivity index (χ4n) is 14.6. The van der Waals surface area contributed by atoms with Crippen LogP contribution in [0.3, 0.4) is 0 Å². The molecular formula is C52H74N5O10P. The number of para-hydroxylation sites is 1. The molecule has 1 amide bonds. The van der Waals surface area contributed by atoms with Crippen molar-refractivity contribution in [2.45, 2.75) is 132 Å². The summed E-state index contributed by atoms with van der Waals surface area (Å²) in [6.07, 6.45) is 5.57. The topological polar surface area (TPSA) is 186 Å². The summed E-state index contributed by atoms with van der Waals surface area (Å²) >= 11 is 0. The van der Waals surface area contributed by atoms with Gasteiger partial charge in [-0.2, -0.15) is 0 Å². The summed E-state index contributed by atoms with van der Waals surface area (Å²) in [6.45, 7) is 14.7. The van der Waals surface area contributed by atoms with E-state index in [-0.39, 0.29) is 37.5 Å². The number of carbonyl (C=O) groups excluding carboxylic acids is 2. The molecule has 372 valence electrons. The number of carbonyl (C=O) groups is 2. The number of anilines is 1. The summed E-state index contributed by atoms with van der Waals surface area (Å²) in [6, 6.07) is 10.7. The van der Waals surface area contributed by atoms with Gasteiger partial charge in [-0.05, 0) is 100 Å². The fourth-order valence-corrected chi connectivity index (χ4v) is 16.7. The number of hydrogen-bond acceptors (Lipinski definition) is 13. The lowest BCUT2D eigenvalue weighted by Crippen LogP contribution is -2.82. The Balaban J connectivity index is 1.30. The van der Waals surface area contributed by atoms with Crippen LogP contribution >= 0.6 is 7.60 Å². The van der Waals surface area contributed by atoms with Crippen LogP contribution in [0.1, 0.15) is 102 Å². The Labute approximate surface area is 401 Å². The maximum absolute atomic E-state index is 15.6. The van der Waals surface area contributed by atoms with Crippen molar-refractivity contribution in [3.8, 4) is 5.75 Å². The predicted octanol–water partition coefficient (Wildman–Crippen LogP) is 6.00. The lowest BCUT2D eigenvalue weighted by atomic mass is 9.47. The molecule has 2 aromatic carbocycles. The number of amides is 1. The van der Waals surface area contributed by atoms with E-state index in [4.69, 9.17) is 18.5 Å². The Kier molecular flexibility index (Phi) is 12.9. The van der Waals surface area contributed by atoms with Gasteiger partial charge in [0.2, 0.25) is 0 Å². The van der Waals surface area contributed by atoms with Crippen LogP contribution in [-0.2, 0) is 45.2 Å². The Morgan fingerprint density at radius 1 is 0.985 bits per heavy atom. The number of aliphatic hydroxyl groups is 3. The van der Waals surface area contributed by atoms with Crippen LogP contribution in [0.2, 0.25) is 0 Å². The first kappa shape index (κ1) is 49.2.